The van der Waals surface area contributed by atoms with Crippen LogP contribution in [0.15, 0.2) is 24.5 Å². The summed E-state index contributed by atoms with van der Waals surface area (Å²) in [6.45, 7) is 2.81. The predicted octanol–water partition coefficient (Wildman–Crippen LogP) is 1.13. The second-order valence-electron chi connectivity index (χ2n) is 4.08. The lowest BCUT2D eigenvalue weighted by molar-refractivity contribution is -0.120. The summed E-state index contributed by atoms with van der Waals surface area (Å²) in [6.07, 6.45) is 3.99. The van der Waals surface area contributed by atoms with Gasteiger partial charge in [0.05, 0.1) is 0 Å². The molecule has 0 N–H and O–H groups in total. The number of hydrogen-bond donors (Lipinski definition) is 0. The minimum atomic E-state index is -0.00819. The third-order valence-electron chi connectivity index (χ3n) is 2.98. The van der Waals surface area contributed by atoms with Crippen LogP contribution in [0.1, 0.15) is 23.7 Å². The van der Waals surface area contributed by atoms with Crippen LogP contribution in [-0.2, 0) is 4.79 Å². The van der Waals surface area contributed by atoms with Gasteiger partial charge in [0, 0.05) is 37.0 Å². The molecule has 4 heteroatoms. The van der Waals surface area contributed by atoms with Crippen molar-refractivity contribution < 1.29 is 9.59 Å². The molecule has 0 aromatic carbocycles. The van der Waals surface area contributed by atoms with Gasteiger partial charge in [-0.25, -0.2) is 0 Å². The number of ketones is 1. The zero-order valence-electron chi connectivity index (χ0n) is 9.22. The highest BCUT2D eigenvalue weighted by Crippen LogP contribution is 2.19. The molecular weight excluding hydrogens is 204 g/mol. The van der Waals surface area contributed by atoms with Crippen LogP contribution >= 0.6 is 0 Å². The maximum absolute atomic E-state index is 12.0. The fourth-order valence-electron chi connectivity index (χ4n) is 1.95. The van der Waals surface area contributed by atoms with E-state index in [1.54, 1.807) is 36.4 Å². The summed E-state index contributed by atoms with van der Waals surface area (Å²) in [5, 5.41) is 0. The van der Waals surface area contributed by atoms with Gasteiger partial charge in [0.25, 0.3) is 5.91 Å². The number of aromatic nitrogens is 1. The molecule has 0 bridgehead atoms. The van der Waals surface area contributed by atoms with Gasteiger partial charge >= 0.3 is 0 Å². The Morgan fingerprint density at radius 2 is 2.06 bits per heavy atom. The molecule has 0 radical (unpaired) electrons. The molecular formula is C12H14N2O2. The second kappa shape index (κ2) is 4.43. The number of hydrogen-bond acceptors (Lipinski definition) is 3. The topological polar surface area (TPSA) is 50.3 Å². The first-order chi connectivity index (χ1) is 7.68. The number of rotatable bonds is 2. The van der Waals surface area contributed by atoms with Crippen LogP contribution in [0.3, 0.4) is 0 Å². The zero-order valence-corrected chi connectivity index (χ0v) is 9.22. The van der Waals surface area contributed by atoms with E-state index in [0.29, 0.717) is 18.7 Å². The van der Waals surface area contributed by atoms with Crippen molar-refractivity contribution in [3.8, 4) is 0 Å². The highest BCUT2D eigenvalue weighted by molar-refractivity contribution is 5.94. The van der Waals surface area contributed by atoms with Crippen molar-refractivity contribution >= 4 is 11.7 Å². The number of carbonyl (C=O) groups excluding carboxylic acids is 2. The average Bonchev–Trinajstić information content (AvgIpc) is 2.78. The fraction of sp³-hybridized carbons (Fsp3) is 0.417. The van der Waals surface area contributed by atoms with Crippen LogP contribution < -0.4 is 0 Å². The highest BCUT2D eigenvalue weighted by atomic mass is 16.2. The zero-order chi connectivity index (χ0) is 11.5. The fourth-order valence-corrected chi connectivity index (χ4v) is 1.95. The van der Waals surface area contributed by atoms with Crippen molar-refractivity contribution in [3.05, 3.63) is 30.1 Å². The molecule has 4 nitrogen and oxygen atoms in total. The molecule has 1 amide bonds. The molecule has 1 fully saturated rings. The largest absolute Gasteiger partial charge is 0.338 e. The second-order valence-corrected chi connectivity index (χ2v) is 4.08. The summed E-state index contributed by atoms with van der Waals surface area (Å²) in [5.41, 5.74) is 0.638. The average molecular weight is 218 g/mol. The molecule has 84 valence electrons. The first-order valence-corrected chi connectivity index (χ1v) is 5.38. The van der Waals surface area contributed by atoms with Crippen LogP contribution in [0.2, 0.25) is 0 Å². The van der Waals surface area contributed by atoms with Gasteiger partial charge in [0.15, 0.2) is 0 Å². The first-order valence-electron chi connectivity index (χ1n) is 5.38. The summed E-state index contributed by atoms with van der Waals surface area (Å²) in [5.74, 6) is 0.182. The van der Waals surface area contributed by atoms with E-state index >= 15 is 0 Å². The molecule has 1 atom stereocenters. The highest BCUT2D eigenvalue weighted by Gasteiger charge is 2.29. The number of carbonyl (C=O) groups is 2. The van der Waals surface area contributed by atoms with Crippen LogP contribution in [0.25, 0.3) is 0 Å². The van der Waals surface area contributed by atoms with E-state index in [2.05, 4.69) is 4.98 Å². The predicted molar refractivity (Wildman–Crippen MR) is 58.9 cm³/mol. The molecule has 16 heavy (non-hydrogen) atoms. The Morgan fingerprint density at radius 1 is 1.38 bits per heavy atom. The Morgan fingerprint density at radius 3 is 2.62 bits per heavy atom. The van der Waals surface area contributed by atoms with Gasteiger partial charge in [0.1, 0.15) is 5.78 Å². The molecule has 2 heterocycles. The van der Waals surface area contributed by atoms with Gasteiger partial charge < -0.3 is 4.90 Å². The lowest BCUT2D eigenvalue weighted by Gasteiger charge is -2.15. The smallest absolute Gasteiger partial charge is 0.253 e. The molecule has 2 rings (SSSR count). The van der Waals surface area contributed by atoms with Crippen molar-refractivity contribution in [2.75, 3.05) is 13.1 Å². The molecule has 0 saturated carbocycles. The Bertz CT molecular complexity index is 403. The molecule has 1 saturated heterocycles. The molecule has 1 aromatic rings. The molecule has 1 aromatic heterocycles. The van der Waals surface area contributed by atoms with E-state index in [4.69, 9.17) is 0 Å². The van der Waals surface area contributed by atoms with E-state index in [1.807, 2.05) is 0 Å². The quantitative estimate of drug-likeness (QED) is 0.747. The van der Waals surface area contributed by atoms with Gasteiger partial charge in [-0.05, 0) is 25.5 Å². The maximum Gasteiger partial charge on any atom is 0.253 e. The van der Waals surface area contributed by atoms with Gasteiger partial charge in [-0.3, -0.25) is 14.6 Å². The molecule has 0 unspecified atom stereocenters. The van der Waals surface area contributed by atoms with Crippen LogP contribution in [-0.4, -0.2) is 34.7 Å². The van der Waals surface area contributed by atoms with Gasteiger partial charge in [-0.2, -0.15) is 0 Å². The summed E-state index contributed by atoms with van der Waals surface area (Å²) in [6, 6.07) is 3.40. The Kier molecular flexibility index (Phi) is 2.99. The maximum atomic E-state index is 12.0. The summed E-state index contributed by atoms with van der Waals surface area (Å²) < 4.78 is 0. The van der Waals surface area contributed by atoms with Crippen molar-refractivity contribution in [2.24, 2.45) is 5.92 Å². The van der Waals surface area contributed by atoms with E-state index in [0.717, 1.165) is 6.42 Å². The van der Waals surface area contributed by atoms with E-state index < -0.39 is 0 Å². The molecule has 1 aliphatic heterocycles. The molecule has 1 aliphatic rings. The number of likely N-dealkylation sites (tertiary alicyclic amines) is 1. The number of pyridine rings is 1. The number of amides is 1. The lowest BCUT2D eigenvalue weighted by atomic mass is 10.1. The third kappa shape index (κ3) is 2.10. The van der Waals surface area contributed by atoms with Gasteiger partial charge in [-0.1, -0.05) is 0 Å². The molecule has 0 spiro atoms. The van der Waals surface area contributed by atoms with E-state index in [1.165, 1.54) is 0 Å². The Labute approximate surface area is 94.3 Å². The monoisotopic (exact) mass is 218 g/mol. The number of Topliss-reactive ketones (excluding diaryl/α,β-unsaturated/α-hetero) is 1. The third-order valence-corrected chi connectivity index (χ3v) is 2.98. The van der Waals surface area contributed by atoms with Crippen LogP contribution in [0.5, 0.6) is 0 Å². The standard InChI is InChI=1S/C12H14N2O2/c1-9(15)11-4-7-14(8-11)12(16)10-2-5-13-6-3-10/h2-3,5-6,11H,4,7-8H2,1H3/t11-/m1/s1. The summed E-state index contributed by atoms with van der Waals surface area (Å²) in [7, 11) is 0. The van der Waals surface area contributed by atoms with Crippen LogP contribution in [0.4, 0.5) is 0 Å². The minimum absolute atomic E-state index is 0.00819. The van der Waals surface area contributed by atoms with Crippen molar-refractivity contribution in [3.63, 3.8) is 0 Å². The van der Waals surface area contributed by atoms with Crippen molar-refractivity contribution in [1.82, 2.24) is 9.88 Å². The number of nitrogens with zero attached hydrogens (tertiary/aromatic N) is 2. The summed E-state index contributed by atoms with van der Waals surface area (Å²) in [4.78, 5) is 28.8. The first kappa shape index (κ1) is 10.8. The van der Waals surface area contributed by atoms with E-state index in [9.17, 15) is 9.59 Å². The Hall–Kier alpha value is -1.71. The SMILES string of the molecule is CC(=O)[C@@H]1CCN(C(=O)c2ccncc2)C1. The van der Waals surface area contributed by atoms with Crippen LogP contribution in [0, 0.1) is 5.92 Å². The van der Waals surface area contributed by atoms with Gasteiger partial charge in [0.2, 0.25) is 0 Å². The van der Waals surface area contributed by atoms with Crippen molar-refractivity contribution in [2.45, 2.75) is 13.3 Å². The minimum Gasteiger partial charge on any atom is -0.338 e. The van der Waals surface area contributed by atoms with Gasteiger partial charge in [-0.15, -0.1) is 0 Å². The van der Waals surface area contributed by atoms with Crippen molar-refractivity contribution in [1.29, 1.82) is 0 Å². The normalized spacial score (nSPS) is 19.8. The summed E-state index contributed by atoms with van der Waals surface area (Å²) >= 11 is 0. The Balaban J connectivity index is 2.05. The molecule has 0 aliphatic carbocycles. The lowest BCUT2D eigenvalue weighted by Crippen LogP contribution is -2.29. The van der Waals surface area contributed by atoms with E-state index in [-0.39, 0.29) is 17.6 Å².